The van der Waals surface area contributed by atoms with Crippen LogP contribution in [-0.2, 0) is 0 Å². The van der Waals surface area contributed by atoms with Gasteiger partial charge in [-0.1, -0.05) is 6.07 Å². The van der Waals surface area contributed by atoms with Crippen molar-refractivity contribution >= 4 is 17.5 Å². The molecule has 0 radical (unpaired) electrons. The minimum atomic E-state index is -4.52. The normalized spacial score (nSPS) is 11.1. The average Bonchev–Trinajstić information content (AvgIpc) is 2.43. The molecule has 0 saturated heterocycles. The molecule has 0 fully saturated rings. The van der Waals surface area contributed by atoms with E-state index >= 15 is 0 Å². The molecule has 1 aromatic carbocycles. The van der Waals surface area contributed by atoms with Gasteiger partial charge in [0.25, 0.3) is 5.91 Å². The molecule has 1 rings (SSSR count). The highest BCUT2D eigenvalue weighted by atomic mass is 35.5. The Hall–Kier alpha value is -1.63. The molecule has 1 amide bonds. The van der Waals surface area contributed by atoms with Gasteiger partial charge < -0.3 is 14.4 Å². The number of nitrogens with zero attached hydrogens (tertiary/aromatic N) is 1. The zero-order valence-corrected chi connectivity index (χ0v) is 12.3. The van der Waals surface area contributed by atoms with Crippen molar-refractivity contribution in [2.24, 2.45) is 0 Å². The van der Waals surface area contributed by atoms with Crippen molar-refractivity contribution in [2.45, 2.75) is 6.18 Å². The zero-order chi connectivity index (χ0) is 16.0. The van der Waals surface area contributed by atoms with Crippen LogP contribution in [0.1, 0.15) is 10.4 Å². The quantitative estimate of drug-likeness (QED) is 0.755. The second kappa shape index (κ2) is 7.40. The zero-order valence-electron chi connectivity index (χ0n) is 11.5. The fourth-order valence-electron chi connectivity index (χ4n) is 1.79. The molecular weight excluding hydrogens is 311 g/mol. The summed E-state index contributed by atoms with van der Waals surface area (Å²) in [6, 6.07) is 4.52. The summed E-state index contributed by atoms with van der Waals surface area (Å²) in [5.74, 6) is -0.677. The van der Waals surface area contributed by atoms with Crippen molar-refractivity contribution in [3.63, 3.8) is 0 Å². The van der Waals surface area contributed by atoms with Crippen molar-refractivity contribution in [3.8, 4) is 11.5 Å². The van der Waals surface area contributed by atoms with Gasteiger partial charge in [0.2, 0.25) is 0 Å². The summed E-state index contributed by atoms with van der Waals surface area (Å²) >= 11 is 5.48. The summed E-state index contributed by atoms with van der Waals surface area (Å²) in [7, 11) is 2.64. The minimum absolute atomic E-state index is 0.0585. The number of hydrogen-bond donors (Lipinski definition) is 0. The maximum Gasteiger partial charge on any atom is 0.406 e. The highest BCUT2D eigenvalue weighted by molar-refractivity contribution is 6.18. The first kappa shape index (κ1) is 17.4. The third kappa shape index (κ3) is 4.70. The van der Waals surface area contributed by atoms with E-state index in [1.165, 1.54) is 26.4 Å². The van der Waals surface area contributed by atoms with Crippen LogP contribution in [0.2, 0.25) is 0 Å². The van der Waals surface area contributed by atoms with Crippen molar-refractivity contribution in [3.05, 3.63) is 23.8 Å². The van der Waals surface area contributed by atoms with Gasteiger partial charge in [0.05, 0.1) is 14.2 Å². The lowest BCUT2D eigenvalue weighted by atomic mass is 10.1. The predicted octanol–water partition coefficient (Wildman–Crippen LogP) is 2.95. The van der Waals surface area contributed by atoms with E-state index in [9.17, 15) is 18.0 Å². The molecule has 21 heavy (non-hydrogen) atoms. The summed E-state index contributed by atoms with van der Waals surface area (Å²) in [4.78, 5) is 13.0. The topological polar surface area (TPSA) is 38.8 Å². The molecule has 0 aliphatic carbocycles. The molecule has 118 valence electrons. The minimum Gasteiger partial charge on any atom is -0.496 e. The van der Waals surface area contributed by atoms with Gasteiger partial charge in [0.1, 0.15) is 23.6 Å². The van der Waals surface area contributed by atoms with Gasteiger partial charge in [-0.3, -0.25) is 4.79 Å². The summed E-state index contributed by atoms with van der Waals surface area (Å²) < 4.78 is 47.8. The highest BCUT2D eigenvalue weighted by Gasteiger charge is 2.34. The molecular formula is C13H15ClF3NO3. The maximum atomic E-state index is 12.6. The van der Waals surface area contributed by atoms with Gasteiger partial charge in [-0.2, -0.15) is 13.2 Å². The number of rotatable bonds is 6. The van der Waals surface area contributed by atoms with Gasteiger partial charge in [-0.25, -0.2) is 0 Å². The Bertz CT molecular complexity index is 472. The fraction of sp³-hybridized carbons (Fsp3) is 0.462. The van der Waals surface area contributed by atoms with Crippen LogP contribution in [0, 0.1) is 0 Å². The molecule has 0 aliphatic heterocycles. The Balaban J connectivity index is 3.19. The number of carbonyl (C=O) groups excluding carboxylic acids is 1. The molecule has 0 heterocycles. The summed E-state index contributed by atoms with van der Waals surface area (Å²) in [5.41, 5.74) is -0.0585. The number of hydrogen-bond acceptors (Lipinski definition) is 3. The molecule has 0 spiro atoms. The van der Waals surface area contributed by atoms with E-state index in [2.05, 4.69) is 0 Å². The third-order valence-electron chi connectivity index (χ3n) is 2.65. The van der Waals surface area contributed by atoms with Gasteiger partial charge in [-0.15, -0.1) is 11.6 Å². The Morgan fingerprint density at radius 3 is 2.14 bits per heavy atom. The van der Waals surface area contributed by atoms with Crippen LogP contribution in [0.15, 0.2) is 18.2 Å². The molecule has 0 aliphatic rings. The monoisotopic (exact) mass is 325 g/mol. The van der Waals surface area contributed by atoms with Gasteiger partial charge >= 0.3 is 6.18 Å². The smallest absolute Gasteiger partial charge is 0.406 e. The molecule has 0 atom stereocenters. The molecule has 8 heteroatoms. The van der Waals surface area contributed by atoms with Crippen LogP contribution in [0.4, 0.5) is 13.2 Å². The molecule has 0 saturated carbocycles. The van der Waals surface area contributed by atoms with Gasteiger partial charge in [0.15, 0.2) is 0 Å². The van der Waals surface area contributed by atoms with Crippen molar-refractivity contribution < 1.29 is 27.4 Å². The van der Waals surface area contributed by atoms with E-state index in [-0.39, 0.29) is 29.5 Å². The number of halogens is 4. The molecule has 1 aromatic rings. The fourth-order valence-corrected chi connectivity index (χ4v) is 1.99. The van der Waals surface area contributed by atoms with Gasteiger partial charge in [-0.05, 0) is 12.1 Å². The lowest BCUT2D eigenvalue weighted by Gasteiger charge is -2.24. The Labute approximate surface area is 125 Å². The maximum absolute atomic E-state index is 12.6. The Morgan fingerprint density at radius 1 is 1.24 bits per heavy atom. The average molecular weight is 326 g/mol. The first-order valence-corrected chi connectivity index (χ1v) is 6.50. The lowest BCUT2D eigenvalue weighted by molar-refractivity contribution is -0.140. The molecule has 0 unspecified atom stereocenters. The summed E-state index contributed by atoms with van der Waals surface area (Å²) in [6.07, 6.45) is -4.52. The number of amides is 1. The summed E-state index contributed by atoms with van der Waals surface area (Å²) in [6.45, 7) is -1.62. The van der Waals surface area contributed by atoms with E-state index < -0.39 is 18.6 Å². The number of alkyl halides is 4. The highest BCUT2D eigenvalue weighted by Crippen LogP contribution is 2.30. The number of benzene rings is 1. The van der Waals surface area contributed by atoms with Gasteiger partial charge in [0, 0.05) is 12.4 Å². The largest absolute Gasteiger partial charge is 0.496 e. The number of methoxy groups -OCH3 is 2. The van der Waals surface area contributed by atoms with Crippen molar-refractivity contribution in [2.75, 3.05) is 33.2 Å². The van der Waals surface area contributed by atoms with E-state index in [1.807, 2.05) is 0 Å². The molecule has 0 N–H and O–H groups in total. The lowest BCUT2D eigenvalue weighted by Crippen LogP contribution is -2.40. The van der Waals surface area contributed by atoms with Crippen molar-refractivity contribution in [1.82, 2.24) is 4.90 Å². The van der Waals surface area contributed by atoms with Crippen LogP contribution in [0.5, 0.6) is 11.5 Å². The molecule has 0 bridgehead atoms. The Morgan fingerprint density at radius 2 is 1.76 bits per heavy atom. The number of carbonyl (C=O) groups is 1. The second-order valence-electron chi connectivity index (χ2n) is 4.07. The molecule has 0 aromatic heterocycles. The first-order chi connectivity index (χ1) is 9.84. The van der Waals surface area contributed by atoms with E-state index in [1.54, 1.807) is 6.07 Å². The van der Waals surface area contributed by atoms with Crippen LogP contribution < -0.4 is 9.47 Å². The summed E-state index contributed by atoms with van der Waals surface area (Å²) in [5, 5.41) is 0. The van der Waals surface area contributed by atoms with Crippen LogP contribution in [0.25, 0.3) is 0 Å². The third-order valence-corrected chi connectivity index (χ3v) is 2.82. The van der Waals surface area contributed by atoms with E-state index in [0.29, 0.717) is 4.90 Å². The first-order valence-electron chi connectivity index (χ1n) is 5.97. The van der Waals surface area contributed by atoms with Crippen LogP contribution >= 0.6 is 11.6 Å². The van der Waals surface area contributed by atoms with Crippen molar-refractivity contribution in [1.29, 1.82) is 0 Å². The van der Waals surface area contributed by atoms with E-state index in [4.69, 9.17) is 21.1 Å². The Kier molecular flexibility index (Phi) is 6.14. The molecule has 4 nitrogen and oxygen atoms in total. The van der Waals surface area contributed by atoms with Crippen LogP contribution in [-0.4, -0.2) is 50.2 Å². The standard InChI is InChI=1S/C13H15ClF3NO3/c1-20-9-4-3-5-10(21-2)11(9)12(19)18(7-6-14)8-13(15,16)17/h3-5H,6-8H2,1-2H3. The second-order valence-corrected chi connectivity index (χ2v) is 4.45. The SMILES string of the molecule is COc1cccc(OC)c1C(=O)N(CCCl)CC(F)(F)F. The van der Waals surface area contributed by atoms with Crippen LogP contribution in [0.3, 0.4) is 0 Å². The predicted molar refractivity (Wildman–Crippen MR) is 72.2 cm³/mol. The number of ether oxygens (including phenoxy) is 2. The van der Waals surface area contributed by atoms with E-state index in [0.717, 1.165) is 0 Å².